The number of aliphatic hydroxyl groups is 1. The largest absolute Gasteiger partial charge is 0.390 e. The molecule has 1 aromatic carbocycles. The van der Waals surface area contributed by atoms with E-state index in [1.165, 1.54) is 5.56 Å². The smallest absolute Gasteiger partial charge is 0.0832 e. The Kier molecular flexibility index (Phi) is 2.65. The van der Waals surface area contributed by atoms with Crippen molar-refractivity contribution < 1.29 is 5.11 Å². The van der Waals surface area contributed by atoms with Gasteiger partial charge in [0.1, 0.15) is 0 Å². The summed E-state index contributed by atoms with van der Waals surface area (Å²) in [5, 5.41) is 9.06. The van der Waals surface area contributed by atoms with E-state index >= 15 is 0 Å². The zero-order valence-corrected chi connectivity index (χ0v) is 7.93. The summed E-state index contributed by atoms with van der Waals surface area (Å²) < 4.78 is 2.05. The highest BCUT2D eigenvalue weighted by atomic mass is 16.3. The lowest BCUT2D eigenvalue weighted by Gasteiger charge is -2.06. The summed E-state index contributed by atoms with van der Waals surface area (Å²) in [5.74, 6) is 0. The molecular weight excluding hydrogens is 174 g/mol. The maximum atomic E-state index is 9.06. The predicted octanol–water partition coefficient (Wildman–Crippen LogP) is 2.03. The van der Waals surface area contributed by atoms with Gasteiger partial charge >= 0.3 is 0 Å². The molecule has 1 N–H and O–H groups in total. The van der Waals surface area contributed by atoms with Crippen LogP contribution in [0.15, 0.2) is 48.7 Å². The minimum absolute atomic E-state index is 0.0971. The molecule has 2 aromatic rings. The van der Waals surface area contributed by atoms with E-state index in [1.54, 1.807) is 0 Å². The lowest BCUT2D eigenvalue weighted by atomic mass is 10.2. The first-order valence-corrected chi connectivity index (χ1v) is 4.69. The SMILES string of the molecule is OCc1cccn1Cc1ccccc1. The second-order valence-electron chi connectivity index (χ2n) is 3.27. The van der Waals surface area contributed by atoms with E-state index in [-0.39, 0.29) is 6.61 Å². The third-order valence-electron chi connectivity index (χ3n) is 2.28. The summed E-state index contributed by atoms with van der Waals surface area (Å²) in [4.78, 5) is 0. The van der Waals surface area contributed by atoms with E-state index in [4.69, 9.17) is 5.11 Å². The normalized spacial score (nSPS) is 10.4. The van der Waals surface area contributed by atoms with Crippen LogP contribution in [0, 0.1) is 0 Å². The van der Waals surface area contributed by atoms with Gasteiger partial charge in [0, 0.05) is 18.4 Å². The first-order valence-electron chi connectivity index (χ1n) is 4.69. The lowest BCUT2D eigenvalue weighted by Crippen LogP contribution is -2.02. The quantitative estimate of drug-likeness (QED) is 0.781. The molecule has 1 heterocycles. The molecule has 0 spiro atoms. The van der Waals surface area contributed by atoms with Gasteiger partial charge in [-0.05, 0) is 17.7 Å². The van der Waals surface area contributed by atoms with Crippen LogP contribution in [0.25, 0.3) is 0 Å². The van der Waals surface area contributed by atoms with E-state index in [9.17, 15) is 0 Å². The van der Waals surface area contributed by atoms with Crippen LogP contribution in [0.5, 0.6) is 0 Å². The Bertz CT molecular complexity index is 392. The average molecular weight is 187 g/mol. The Hall–Kier alpha value is -1.54. The molecular formula is C12H13NO. The van der Waals surface area contributed by atoms with Crippen molar-refractivity contribution in [2.45, 2.75) is 13.2 Å². The summed E-state index contributed by atoms with van der Waals surface area (Å²) in [5.41, 5.74) is 2.20. The number of aliphatic hydroxyl groups excluding tert-OH is 1. The van der Waals surface area contributed by atoms with Gasteiger partial charge in [0.25, 0.3) is 0 Å². The maximum absolute atomic E-state index is 9.06. The number of rotatable bonds is 3. The van der Waals surface area contributed by atoms with Crippen LogP contribution in [0.2, 0.25) is 0 Å². The number of hydrogen-bond acceptors (Lipinski definition) is 1. The Morgan fingerprint density at radius 2 is 1.79 bits per heavy atom. The molecule has 2 heteroatoms. The van der Waals surface area contributed by atoms with Gasteiger partial charge in [-0.15, -0.1) is 0 Å². The van der Waals surface area contributed by atoms with Crippen LogP contribution in [-0.2, 0) is 13.2 Å². The van der Waals surface area contributed by atoms with E-state index in [0.29, 0.717) is 0 Å². The van der Waals surface area contributed by atoms with Gasteiger partial charge in [-0.25, -0.2) is 0 Å². The third-order valence-corrected chi connectivity index (χ3v) is 2.28. The molecule has 72 valence electrons. The first kappa shape index (κ1) is 9.03. The van der Waals surface area contributed by atoms with Crippen LogP contribution in [-0.4, -0.2) is 9.67 Å². The van der Waals surface area contributed by atoms with Crippen LogP contribution in [0.4, 0.5) is 0 Å². The van der Waals surface area contributed by atoms with Crippen LogP contribution >= 0.6 is 0 Å². The fourth-order valence-electron chi connectivity index (χ4n) is 1.53. The molecule has 0 bridgehead atoms. The topological polar surface area (TPSA) is 25.2 Å². The van der Waals surface area contributed by atoms with Crippen LogP contribution < -0.4 is 0 Å². The summed E-state index contributed by atoms with van der Waals surface area (Å²) in [6.07, 6.45) is 1.98. The van der Waals surface area contributed by atoms with E-state index in [1.807, 2.05) is 36.5 Å². The molecule has 0 unspecified atom stereocenters. The molecule has 0 fully saturated rings. The lowest BCUT2D eigenvalue weighted by molar-refractivity contribution is 0.271. The van der Waals surface area contributed by atoms with Crippen molar-refractivity contribution in [3.8, 4) is 0 Å². The Balaban J connectivity index is 2.19. The van der Waals surface area contributed by atoms with Crippen LogP contribution in [0.1, 0.15) is 11.3 Å². The van der Waals surface area contributed by atoms with Gasteiger partial charge in [-0.1, -0.05) is 30.3 Å². The van der Waals surface area contributed by atoms with Gasteiger partial charge in [0.05, 0.1) is 6.61 Å². The van der Waals surface area contributed by atoms with Crippen molar-refractivity contribution in [2.75, 3.05) is 0 Å². The Morgan fingerprint density at radius 1 is 1.00 bits per heavy atom. The number of benzene rings is 1. The second-order valence-corrected chi connectivity index (χ2v) is 3.27. The van der Waals surface area contributed by atoms with Crippen LogP contribution in [0.3, 0.4) is 0 Å². The third kappa shape index (κ3) is 1.86. The summed E-state index contributed by atoms with van der Waals surface area (Å²) in [7, 11) is 0. The van der Waals surface area contributed by atoms with Gasteiger partial charge in [0.2, 0.25) is 0 Å². The summed E-state index contributed by atoms with van der Waals surface area (Å²) >= 11 is 0. The van der Waals surface area contributed by atoms with Crippen molar-refractivity contribution >= 4 is 0 Å². The number of hydrogen-bond donors (Lipinski definition) is 1. The molecule has 14 heavy (non-hydrogen) atoms. The Morgan fingerprint density at radius 3 is 2.50 bits per heavy atom. The standard InChI is InChI=1S/C12H13NO/c14-10-12-7-4-8-13(12)9-11-5-2-1-3-6-11/h1-8,14H,9-10H2. The van der Waals surface area contributed by atoms with Gasteiger partial charge < -0.3 is 9.67 Å². The van der Waals surface area contributed by atoms with Crippen molar-refractivity contribution in [2.24, 2.45) is 0 Å². The molecule has 0 saturated carbocycles. The number of nitrogens with zero attached hydrogens (tertiary/aromatic N) is 1. The first-order chi connectivity index (χ1) is 6.90. The summed E-state index contributed by atoms with van der Waals surface area (Å²) in [6, 6.07) is 14.1. The van der Waals surface area contributed by atoms with Crippen molar-refractivity contribution in [3.63, 3.8) is 0 Å². The van der Waals surface area contributed by atoms with Gasteiger partial charge in [-0.2, -0.15) is 0 Å². The average Bonchev–Trinajstić information content (AvgIpc) is 2.67. The molecule has 0 saturated heterocycles. The molecule has 0 aliphatic heterocycles. The molecule has 2 nitrogen and oxygen atoms in total. The number of aromatic nitrogens is 1. The van der Waals surface area contributed by atoms with E-state index < -0.39 is 0 Å². The predicted molar refractivity (Wildman–Crippen MR) is 55.9 cm³/mol. The second kappa shape index (κ2) is 4.11. The highest BCUT2D eigenvalue weighted by Crippen LogP contribution is 2.07. The van der Waals surface area contributed by atoms with Crippen molar-refractivity contribution in [1.82, 2.24) is 4.57 Å². The van der Waals surface area contributed by atoms with Gasteiger partial charge in [-0.3, -0.25) is 0 Å². The van der Waals surface area contributed by atoms with Gasteiger partial charge in [0.15, 0.2) is 0 Å². The fraction of sp³-hybridized carbons (Fsp3) is 0.167. The highest BCUT2D eigenvalue weighted by molar-refractivity contribution is 5.17. The maximum Gasteiger partial charge on any atom is 0.0832 e. The zero-order chi connectivity index (χ0) is 9.80. The van der Waals surface area contributed by atoms with Crippen molar-refractivity contribution in [3.05, 3.63) is 59.9 Å². The summed E-state index contributed by atoms with van der Waals surface area (Å²) in [6.45, 7) is 0.920. The minimum Gasteiger partial charge on any atom is -0.390 e. The van der Waals surface area contributed by atoms with E-state index in [2.05, 4.69) is 16.7 Å². The minimum atomic E-state index is 0.0971. The molecule has 0 radical (unpaired) electrons. The monoisotopic (exact) mass is 187 g/mol. The Labute approximate surface area is 83.4 Å². The molecule has 0 amide bonds. The highest BCUT2D eigenvalue weighted by Gasteiger charge is 1.99. The fourth-order valence-corrected chi connectivity index (χ4v) is 1.53. The molecule has 2 rings (SSSR count). The molecule has 0 aliphatic carbocycles. The molecule has 0 atom stereocenters. The van der Waals surface area contributed by atoms with Crippen molar-refractivity contribution in [1.29, 1.82) is 0 Å². The molecule has 0 aliphatic rings. The van der Waals surface area contributed by atoms with E-state index in [0.717, 1.165) is 12.2 Å². The molecule has 1 aromatic heterocycles. The zero-order valence-electron chi connectivity index (χ0n) is 7.93.